The summed E-state index contributed by atoms with van der Waals surface area (Å²) >= 11 is 0. The van der Waals surface area contributed by atoms with Crippen LogP contribution in [0, 0.1) is 5.92 Å². The van der Waals surface area contributed by atoms with Gasteiger partial charge in [0.25, 0.3) is 0 Å². The number of hydrogen-bond donors (Lipinski definition) is 2. The summed E-state index contributed by atoms with van der Waals surface area (Å²) in [6.45, 7) is 2.82. The first kappa shape index (κ1) is 15.7. The normalized spacial score (nSPS) is 19.4. The van der Waals surface area contributed by atoms with E-state index in [0.29, 0.717) is 6.04 Å². The van der Waals surface area contributed by atoms with Gasteiger partial charge in [-0.25, -0.2) is 0 Å². The Morgan fingerprint density at radius 1 is 1.25 bits per heavy atom. The summed E-state index contributed by atoms with van der Waals surface area (Å²) in [4.78, 5) is 11.8. The summed E-state index contributed by atoms with van der Waals surface area (Å²) < 4.78 is 0. The summed E-state index contributed by atoms with van der Waals surface area (Å²) in [6.07, 6.45) is 7.21. The fourth-order valence-corrected chi connectivity index (χ4v) is 2.04. The van der Waals surface area contributed by atoms with E-state index in [-0.39, 0.29) is 24.2 Å². The second-order valence-corrected chi connectivity index (χ2v) is 4.62. The Bertz CT molecular complexity index is 191. The molecule has 3 nitrogen and oxygen atoms in total. The van der Waals surface area contributed by atoms with Crippen molar-refractivity contribution in [1.29, 1.82) is 0 Å². The molecule has 1 atom stereocenters. The Balaban J connectivity index is 0.00000225. The van der Waals surface area contributed by atoms with E-state index in [9.17, 15) is 4.79 Å². The lowest BCUT2D eigenvalue weighted by Crippen LogP contribution is -2.39. The zero-order valence-electron chi connectivity index (χ0n) is 10.4. The predicted molar refractivity (Wildman–Crippen MR) is 70.0 cm³/mol. The molecule has 1 aliphatic carbocycles. The molecular formula is C12H25ClN2O. The summed E-state index contributed by atoms with van der Waals surface area (Å²) in [5.41, 5.74) is 0. The van der Waals surface area contributed by atoms with Crippen LogP contribution in [-0.2, 0) is 4.79 Å². The molecule has 4 heteroatoms. The van der Waals surface area contributed by atoms with Gasteiger partial charge in [-0.05, 0) is 26.8 Å². The van der Waals surface area contributed by atoms with Crippen molar-refractivity contribution in [2.24, 2.45) is 5.92 Å². The molecule has 0 saturated heterocycles. The number of amides is 1. The van der Waals surface area contributed by atoms with Crippen LogP contribution in [0.1, 0.15) is 45.4 Å². The number of halogens is 1. The first-order valence-corrected chi connectivity index (χ1v) is 6.19. The van der Waals surface area contributed by atoms with Gasteiger partial charge in [0.05, 0.1) is 0 Å². The molecule has 1 rings (SSSR count). The molecule has 0 bridgehead atoms. The topological polar surface area (TPSA) is 41.1 Å². The molecule has 0 spiro atoms. The predicted octanol–water partition coefficient (Wildman–Crippen LogP) is 2.10. The third kappa shape index (κ3) is 5.71. The molecule has 2 N–H and O–H groups in total. The van der Waals surface area contributed by atoms with Crippen LogP contribution in [0.3, 0.4) is 0 Å². The van der Waals surface area contributed by atoms with E-state index in [1.165, 1.54) is 25.7 Å². The van der Waals surface area contributed by atoms with Crippen molar-refractivity contribution in [2.75, 3.05) is 13.6 Å². The standard InChI is InChI=1S/C12H24N2O.ClH/c1-10(13-2)9-14-12(15)11-7-5-3-4-6-8-11;/h10-11,13H,3-9H2,1-2H3,(H,14,15);1H. The smallest absolute Gasteiger partial charge is 0.223 e. The van der Waals surface area contributed by atoms with Gasteiger partial charge in [0, 0.05) is 18.5 Å². The Hall–Kier alpha value is -0.280. The number of carbonyl (C=O) groups excluding carboxylic acids is 1. The van der Waals surface area contributed by atoms with E-state index in [1.54, 1.807) is 0 Å². The number of nitrogens with one attached hydrogen (secondary N) is 2. The number of likely N-dealkylation sites (N-methyl/N-ethyl adjacent to an activating group) is 1. The average molecular weight is 249 g/mol. The van der Waals surface area contributed by atoms with E-state index in [2.05, 4.69) is 17.6 Å². The molecule has 1 aliphatic rings. The summed E-state index contributed by atoms with van der Waals surface area (Å²) in [6, 6.07) is 0.361. The molecule has 0 aromatic carbocycles. The Labute approximate surface area is 105 Å². The van der Waals surface area contributed by atoms with Crippen molar-refractivity contribution in [2.45, 2.75) is 51.5 Å². The van der Waals surface area contributed by atoms with E-state index in [4.69, 9.17) is 0 Å². The molecule has 1 unspecified atom stereocenters. The van der Waals surface area contributed by atoms with E-state index < -0.39 is 0 Å². The minimum atomic E-state index is 0. The molecule has 1 fully saturated rings. The summed E-state index contributed by atoms with van der Waals surface area (Å²) in [7, 11) is 1.92. The van der Waals surface area contributed by atoms with Gasteiger partial charge in [-0.3, -0.25) is 4.79 Å². The molecule has 0 radical (unpaired) electrons. The zero-order valence-corrected chi connectivity index (χ0v) is 11.2. The molecule has 16 heavy (non-hydrogen) atoms. The second-order valence-electron chi connectivity index (χ2n) is 4.62. The van der Waals surface area contributed by atoms with Crippen molar-refractivity contribution in [3.05, 3.63) is 0 Å². The Morgan fingerprint density at radius 2 is 1.81 bits per heavy atom. The number of rotatable bonds is 4. The fraction of sp³-hybridized carbons (Fsp3) is 0.917. The fourth-order valence-electron chi connectivity index (χ4n) is 2.04. The average Bonchev–Trinajstić information content (AvgIpc) is 2.53. The zero-order chi connectivity index (χ0) is 11.1. The van der Waals surface area contributed by atoms with E-state index in [1.807, 2.05) is 7.05 Å². The van der Waals surface area contributed by atoms with Crippen LogP contribution in [-0.4, -0.2) is 25.5 Å². The lowest BCUT2D eigenvalue weighted by atomic mass is 9.99. The minimum absolute atomic E-state index is 0. The number of carbonyl (C=O) groups is 1. The minimum Gasteiger partial charge on any atom is -0.354 e. The van der Waals surface area contributed by atoms with Gasteiger partial charge in [-0.15, -0.1) is 12.4 Å². The van der Waals surface area contributed by atoms with Gasteiger partial charge in [0.15, 0.2) is 0 Å². The van der Waals surface area contributed by atoms with Gasteiger partial charge in [0.1, 0.15) is 0 Å². The van der Waals surface area contributed by atoms with Crippen LogP contribution >= 0.6 is 12.4 Å². The third-order valence-electron chi connectivity index (χ3n) is 3.30. The molecule has 0 aromatic heterocycles. The Kier molecular flexibility index (Phi) is 8.67. The molecule has 0 aromatic rings. The van der Waals surface area contributed by atoms with Crippen molar-refractivity contribution in [1.82, 2.24) is 10.6 Å². The quantitative estimate of drug-likeness (QED) is 0.749. The maximum Gasteiger partial charge on any atom is 0.223 e. The molecular weight excluding hydrogens is 224 g/mol. The van der Waals surface area contributed by atoms with Gasteiger partial charge < -0.3 is 10.6 Å². The van der Waals surface area contributed by atoms with Crippen LogP contribution in [0.25, 0.3) is 0 Å². The molecule has 1 saturated carbocycles. The van der Waals surface area contributed by atoms with Crippen LogP contribution in [0.2, 0.25) is 0 Å². The maximum atomic E-state index is 11.8. The maximum absolute atomic E-state index is 11.8. The lowest BCUT2D eigenvalue weighted by Gasteiger charge is -2.16. The van der Waals surface area contributed by atoms with Crippen molar-refractivity contribution < 1.29 is 4.79 Å². The van der Waals surface area contributed by atoms with Gasteiger partial charge in [0.2, 0.25) is 5.91 Å². The first-order chi connectivity index (χ1) is 7.24. The largest absolute Gasteiger partial charge is 0.354 e. The van der Waals surface area contributed by atoms with E-state index >= 15 is 0 Å². The highest BCUT2D eigenvalue weighted by atomic mass is 35.5. The van der Waals surface area contributed by atoms with Gasteiger partial charge >= 0.3 is 0 Å². The molecule has 1 amide bonds. The highest BCUT2D eigenvalue weighted by Crippen LogP contribution is 2.22. The lowest BCUT2D eigenvalue weighted by molar-refractivity contribution is -0.125. The molecule has 96 valence electrons. The van der Waals surface area contributed by atoms with E-state index in [0.717, 1.165) is 19.4 Å². The summed E-state index contributed by atoms with van der Waals surface area (Å²) in [5.74, 6) is 0.538. The van der Waals surface area contributed by atoms with Crippen molar-refractivity contribution in [3.63, 3.8) is 0 Å². The Morgan fingerprint density at radius 3 is 2.31 bits per heavy atom. The van der Waals surface area contributed by atoms with Crippen LogP contribution < -0.4 is 10.6 Å². The van der Waals surface area contributed by atoms with Gasteiger partial charge in [-0.2, -0.15) is 0 Å². The van der Waals surface area contributed by atoms with Crippen molar-refractivity contribution in [3.8, 4) is 0 Å². The van der Waals surface area contributed by atoms with Crippen LogP contribution in [0.4, 0.5) is 0 Å². The van der Waals surface area contributed by atoms with Gasteiger partial charge in [-0.1, -0.05) is 25.7 Å². The highest BCUT2D eigenvalue weighted by Gasteiger charge is 2.19. The number of hydrogen-bond acceptors (Lipinski definition) is 2. The SMILES string of the molecule is CNC(C)CNC(=O)C1CCCCCC1.Cl. The third-order valence-corrected chi connectivity index (χ3v) is 3.30. The summed E-state index contributed by atoms with van der Waals surface area (Å²) in [5, 5.41) is 6.15. The second kappa shape index (κ2) is 8.82. The highest BCUT2D eigenvalue weighted by molar-refractivity contribution is 5.85. The van der Waals surface area contributed by atoms with Crippen molar-refractivity contribution >= 4 is 18.3 Å². The first-order valence-electron chi connectivity index (χ1n) is 6.19. The molecule has 0 aliphatic heterocycles. The van der Waals surface area contributed by atoms with Crippen LogP contribution in [0.15, 0.2) is 0 Å². The monoisotopic (exact) mass is 248 g/mol. The molecule has 0 heterocycles. The van der Waals surface area contributed by atoms with Crippen LogP contribution in [0.5, 0.6) is 0 Å².